The van der Waals surface area contributed by atoms with E-state index in [4.69, 9.17) is 0 Å². The third kappa shape index (κ3) is 4.79. The normalized spacial score (nSPS) is 16.1. The van der Waals surface area contributed by atoms with Crippen LogP contribution >= 0.6 is 0 Å². The molecule has 9 heteroatoms. The molecule has 156 valence electrons. The van der Waals surface area contributed by atoms with Gasteiger partial charge in [-0.25, -0.2) is 4.39 Å². The highest BCUT2D eigenvalue weighted by Gasteiger charge is 2.28. The first-order chi connectivity index (χ1) is 13.8. The molecule has 2 aromatic rings. The van der Waals surface area contributed by atoms with Gasteiger partial charge in [0.2, 0.25) is 5.91 Å². The second-order valence-electron chi connectivity index (χ2n) is 7.59. The Labute approximate surface area is 169 Å². The van der Waals surface area contributed by atoms with E-state index < -0.39 is 4.92 Å². The number of piperazine rings is 1. The van der Waals surface area contributed by atoms with Crippen molar-refractivity contribution in [3.8, 4) is 0 Å². The number of nitro groups is 1. The van der Waals surface area contributed by atoms with E-state index >= 15 is 0 Å². The number of hydrogen-bond acceptors (Lipinski definition) is 5. The van der Waals surface area contributed by atoms with Crippen LogP contribution in [0.1, 0.15) is 23.9 Å². The van der Waals surface area contributed by atoms with Gasteiger partial charge >= 0.3 is 5.69 Å². The molecule has 1 saturated heterocycles. The molecule has 1 aromatic carbocycles. The van der Waals surface area contributed by atoms with Gasteiger partial charge in [0.25, 0.3) is 0 Å². The minimum Gasteiger partial charge on any atom is -0.340 e. The number of nitrogens with zero attached hydrogens (tertiary/aromatic N) is 5. The summed E-state index contributed by atoms with van der Waals surface area (Å²) in [6.07, 6.45) is 0. The highest BCUT2D eigenvalue weighted by Crippen LogP contribution is 2.23. The Hall–Kier alpha value is -2.81. The van der Waals surface area contributed by atoms with Crippen molar-refractivity contribution in [1.29, 1.82) is 0 Å². The van der Waals surface area contributed by atoms with Crippen molar-refractivity contribution in [1.82, 2.24) is 19.6 Å². The first-order valence-corrected chi connectivity index (χ1v) is 9.70. The summed E-state index contributed by atoms with van der Waals surface area (Å²) in [7, 11) is 0. The van der Waals surface area contributed by atoms with Gasteiger partial charge in [-0.3, -0.25) is 24.5 Å². The fraction of sp³-hybridized carbons (Fsp3) is 0.500. The first-order valence-electron chi connectivity index (χ1n) is 9.70. The molecule has 1 aliphatic rings. The van der Waals surface area contributed by atoms with Gasteiger partial charge in [0.1, 0.15) is 17.2 Å². The summed E-state index contributed by atoms with van der Waals surface area (Å²) in [5.74, 6) is -0.538. The van der Waals surface area contributed by atoms with Gasteiger partial charge in [0, 0.05) is 32.7 Å². The third-order valence-electron chi connectivity index (χ3n) is 5.40. The van der Waals surface area contributed by atoms with Crippen molar-refractivity contribution < 1.29 is 14.1 Å². The molecule has 1 aliphatic heterocycles. The highest BCUT2D eigenvalue weighted by molar-refractivity contribution is 5.78. The zero-order valence-corrected chi connectivity index (χ0v) is 17.0. The van der Waals surface area contributed by atoms with Gasteiger partial charge < -0.3 is 4.90 Å². The van der Waals surface area contributed by atoms with Gasteiger partial charge in [-0.15, -0.1) is 0 Å². The minimum atomic E-state index is -0.430. The monoisotopic (exact) mass is 403 g/mol. The molecule has 0 N–H and O–H groups in total. The number of hydrogen-bond donors (Lipinski definition) is 0. The molecule has 0 saturated carbocycles. The van der Waals surface area contributed by atoms with E-state index in [2.05, 4.69) is 10.00 Å². The van der Waals surface area contributed by atoms with Gasteiger partial charge in [-0.2, -0.15) is 5.10 Å². The van der Waals surface area contributed by atoms with Gasteiger partial charge in [-0.1, -0.05) is 19.1 Å². The van der Waals surface area contributed by atoms with E-state index in [1.807, 2.05) is 11.8 Å². The highest BCUT2D eigenvalue weighted by atomic mass is 19.1. The first kappa shape index (κ1) is 20.9. The predicted molar refractivity (Wildman–Crippen MR) is 106 cm³/mol. The molecule has 0 spiro atoms. The molecule has 8 nitrogen and oxygen atoms in total. The second kappa shape index (κ2) is 8.69. The van der Waals surface area contributed by atoms with Gasteiger partial charge in [0.05, 0.1) is 17.4 Å². The summed E-state index contributed by atoms with van der Waals surface area (Å²) >= 11 is 0. The van der Waals surface area contributed by atoms with E-state index in [-0.39, 0.29) is 23.3 Å². The summed E-state index contributed by atoms with van der Waals surface area (Å²) in [5.41, 5.74) is 1.89. The maximum atomic E-state index is 13.0. The zero-order valence-electron chi connectivity index (χ0n) is 17.0. The molecule has 1 atom stereocenters. The lowest BCUT2D eigenvalue weighted by molar-refractivity contribution is -0.386. The zero-order chi connectivity index (χ0) is 21.1. The molecular formula is C20H26FN5O3. The minimum absolute atomic E-state index is 0.0130. The van der Waals surface area contributed by atoms with Crippen LogP contribution in [0.25, 0.3) is 0 Å². The van der Waals surface area contributed by atoms with Crippen molar-refractivity contribution in [2.45, 2.75) is 33.9 Å². The fourth-order valence-corrected chi connectivity index (χ4v) is 3.75. The topological polar surface area (TPSA) is 84.5 Å². The summed E-state index contributed by atoms with van der Waals surface area (Å²) in [4.78, 5) is 27.6. The van der Waals surface area contributed by atoms with Crippen molar-refractivity contribution >= 4 is 11.6 Å². The third-order valence-corrected chi connectivity index (χ3v) is 5.40. The Balaban J connectivity index is 1.54. The van der Waals surface area contributed by atoms with Crippen molar-refractivity contribution in [3.05, 3.63) is 57.1 Å². The van der Waals surface area contributed by atoms with E-state index in [0.717, 1.165) is 25.2 Å². The van der Waals surface area contributed by atoms with Crippen LogP contribution in [0.3, 0.4) is 0 Å². The van der Waals surface area contributed by atoms with Crippen molar-refractivity contribution in [2.75, 3.05) is 26.2 Å². The Morgan fingerprint density at radius 3 is 2.38 bits per heavy atom. The van der Waals surface area contributed by atoms with Gasteiger partial charge in [0.15, 0.2) is 0 Å². The molecule has 0 bridgehead atoms. The number of benzene rings is 1. The van der Waals surface area contributed by atoms with Crippen LogP contribution in [0.2, 0.25) is 0 Å². The van der Waals surface area contributed by atoms with Crippen LogP contribution in [0, 0.1) is 35.7 Å². The number of amides is 1. The molecule has 1 unspecified atom stereocenters. The molecule has 0 radical (unpaired) electrons. The fourth-order valence-electron chi connectivity index (χ4n) is 3.75. The lowest BCUT2D eigenvalue weighted by Crippen LogP contribution is -2.50. The number of aryl methyl sites for hydroxylation is 1. The van der Waals surface area contributed by atoms with Crippen molar-refractivity contribution in [3.63, 3.8) is 0 Å². The number of aromatic nitrogens is 2. The average molecular weight is 403 g/mol. The quantitative estimate of drug-likeness (QED) is 0.547. The van der Waals surface area contributed by atoms with E-state index in [9.17, 15) is 19.3 Å². The summed E-state index contributed by atoms with van der Waals surface area (Å²) in [6, 6.07) is 6.48. The van der Waals surface area contributed by atoms with Crippen LogP contribution in [-0.2, 0) is 17.9 Å². The van der Waals surface area contributed by atoms with Crippen LogP contribution < -0.4 is 0 Å². The smallest absolute Gasteiger partial charge is 0.312 e. The van der Waals surface area contributed by atoms with E-state index in [1.165, 1.54) is 12.1 Å². The van der Waals surface area contributed by atoms with E-state index in [1.54, 1.807) is 30.7 Å². The number of rotatable bonds is 6. The Kier molecular flexibility index (Phi) is 6.26. The molecule has 3 rings (SSSR count). The lowest BCUT2D eigenvalue weighted by atomic mass is 10.1. The maximum Gasteiger partial charge on any atom is 0.312 e. The van der Waals surface area contributed by atoms with Crippen LogP contribution in [0.4, 0.5) is 10.1 Å². The van der Waals surface area contributed by atoms with Crippen LogP contribution in [0.5, 0.6) is 0 Å². The maximum absolute atomic E-state index is 13.0. The lowest BCUT2D eigenvalue weighted by Gasteiger charge is -2.36. The Morgan fingerprint density at radius 1 is 1.21 bits per heavy atom. The van der Waals surface area contributed by atoms with E-state index in [0.29, 0.717) is 31.0 Å². The summed E-state index contributed by atoms with van der Waals surface area (Å²) in [5, 5.41) is 15.4. The molecule has 1 fully saturated rings. The van der Waals surface area contributed by atoms with Crippen LogP contribution in [-0.4, -0.2) is 56.6 Å². The molecule has 1 aromatic heterocycles. The Bertz CT molecular complexity index is 888. The molecular weight excluding hydrogens is 377 g/mol. The number of carbonyl (C=O) groups is 1. The van der Waals surface area contributed by atoms with Crippen molar-refractivity contribution in [2.24, 2.45) is 5.92 Å². The number of carbonyl (C=O) groups excluding carboxylic acids is 1. The molecule has 1 amide bonds. The van der Waals surface area contributed by atoms with Gasteiger partial charge in [-0.05, 0) is 31.5 Å². The largest absolute Gasteiger partial charge is 0.340 e. The second-order valence-corrected chi connectivity index (χ2v) is 7.59. The SMILES string of the molecule is Cc1nn(CC(C)C(=O)N2CCN(Cc3ccc(F)cc3)CC2)c(C)c1[N+](=O)[O-]. The van der Waals surface area contributed by atoms with Crippen LogP contribution in [0.15, 0.2) is 24.3 Å². The summed E-state index contributed by atoms with van der Waals surface area (Å²) in [6.45, 7) is 8.89. The molecule has 2 heterocycles. The standard InChI is InChI=1S/C20H26FN5O3/c1-14(12-25-16(3)19(26(28)29)15(2)22-25)20(27)24-10-8-23(9-11-24)13-17-4-6-18(21)7-5-17/h4-7,14H,8-13H2,1-3H3. The molecule has 29 heavy (non-hydrogen) atoms. The average Bonchev–Trinajstić information content (AvgIpc) is 2.96. The predicted octanol–water partition coefficient (Wildman–Crippen LogP) is 2.53. The Morgan fingerprint density at radius 2 is 1.83 bits per heavy atom. The molecule has 0 aliphatic carbocycles. The number of halogens is 1. The summed E-state index contributed by atoms with van der Waals surface area (Å²) < 4.78 is 14.6.